The number of nitrogens with zero attached hydrogens (tertiary/aromatic N) is 4. The molecule has 0 aliphatic rings. The first-order chi connectivity index (χ1) is 11.8. The monoisotopic (exact) mass is 324 g/mol. The molecule has 2 aromatic carbocycles. The highest BCUT2D eigenvalue weighted by atomic mass is 16.5. The molecular weight excluding hydrogens is 306 g/mol. The van der Waals surface area contributed by atoms with Gasteiger partial charge in [-0.3, -0.25) is 0 Å². The van der Waals surface area contributed by atoms with Gasteiger partial charge >= 0.3 is 0 Å². The van der Waals surface area contributed by atoms with Crippen molar-refractivity contribution in [1.82, 2.24) is 20.6 Å². The van der Waals surface area contributed by atoms with Crippen molar-refractivity contribution in [1.29, 1.82) is 0 Å². The molecular formula is C17H18N5O2-. The van der Waals surface area contributed by atoms with Crippen LogP contribution in [0, 0.1) is 0 Å². The van der Waals surface area contributed by atoms with Gasteiger partial charge in [0, 0.05) is 5.56 Å². The maximum atomic E-state index is 5.60. The summed E-state index contributed by atoms with van der Waals surface area (Å²) in [7, 11) is 1.63. The Morgan fingerprint density at radius 1 is 1.12 bits per heavy atom. The average Bonchev–Trinajstić information content (AvgIpc) is 3.15. The molecule has 0 saturated heterocycles. The molecule has 0 amide bonds. The quantitative estimate of drug-likeness (QED) is 0.719. The number of methoxy groups -OCH3 is 1. The molecule has 1 N–H and O–H groups in total. The number of aromatic amines is 1. The maximum Gasteiger partial charge on any atom is 0.203 e. The molecule has 7 heteroatoms. The topological polar surface area (TPSA) is 87.0 Å². The van der Waals surface area contributed by atoms with Gasteiger partial charge in [-0.15, -0.1) is 22.4 Å². The maximum absolute atomic E-state index is 5.60. The number of para-hydroxylation sites is 1. The Labute approximate surface area is 140 Å². The lowest BCUT2D eigenvalue weighted by Gasteiger charge is -2.24. The van der Waals surface area contributed by atoms with Crippen LogP contribution in [0.15, 0.2) is 42.5 Å². The number of aromatic nitrogens is 4. The van der Waals surface area contributed by atoms with Gasteiger partial charge in [0.15, 0.2) is 11.5 Å². The molecule has 24 heavy (non-hydrogen) atoms. The lowest BCUT2D eigenvalue weighted by Crippen LogP contribution is -1.96. The Balaban J connectivity index is 1.78. The van der Waals surface area contributed by atoms with Crippen LogP contribution in [0.25, 0.3) is 16.7 Å². The molecule has 0 radical (unpaired) electrons. The molecule has 0 saturated carbocycles. The third-order valence-electron chi connectivity index (χ3n) is 3.45. The summed E-state index contributed by atoms with van der Waals surface area (Å²) >= 11 is 0. The number of hydrogen-bond donors (Lipinski definition) is 1. The summed E-state index contributed by atoms with van der Waals surface area (Å²) in [4.78, 5) is 0. The molecule has 0 bridgehead atoms. The van der Waals surface area contributed by atoms with Gasteiger partial charge in [0.2, 0.25) is 5.82 Å². The zero-order chi connectivity index (χ0) is 16.8. The SMILES string of the molecule is CCOc1cc(C[N-]c2ccccc2-c2nn[nH]n2)ccc1OC. The van der Waals surface area contributed by atoms with E-state index in [0.717, 1.165) is 22.6 Å². The second-order valence-corrected chi connectivity index (χ2v) is 4.99. The summed E-state index contributed by atoms with van der Waals surface area (Å²) in [6, 6.07) is 13.5. The van der Waals surface area contributed by atoms with E-state index in [9.17, 15) is 0 Å². The summed E-state index contributed by atoms with van der Waals surface area (Å²) in [5, 5.41) is 18.8. The molecule has 124 valence electrons. The van der Waals surface area contributed by atoms with Gasteiger partial charge in [0.25, 0.3) is 0 Å². The molecule has 0 fully saturated rings. The minimum absolute atomic E-state index is 0.513. The average molecular weight is 324 g/mol. The van der Waals surface area contributed by atoms with E-state index in [-0.39, 0.29) is 0 Å². The second-order valence-electron chi connectivity index (χ2n) is 4.99. The summed E-state index contributed by atoms with van der Waals surface area (Å²) in [6.45, 7) is 3.04. The standard InChI is InChI=1S/C17H18N5O2/c1-3-24-16-10-12(8-9-15(16)23-2)11-18-14-7-5-4-6-13(14)17-19-21-22-20-17/h4-10H,3,11H2,1-2H3,(H,19,20,21,22)/q-1. The van der Waals surface area contributed by atoms with Gasteiger partial charge < -0.3 is 14.8 Å². The summed E-state index contributed by atoms with van der Waals surface area (Å²) in [5.74, 6) is 1.96. The first kappa shape index (κ1) is 15.8. The van der Waals surface area contributed by atoms with Crippen molar-refractivity contribution in [2.75, 3.05) is 13.7 Å². The fourth-order valence-corrected chi connectivity index (χ4v) is 2.34. The van der Waals surface area contributed by atoms with Crippen LogP contribution in [0.1, 0.15) is 12.5 Å². The highest BCUT2D eigenvalue weighted by Gasteiger charge is 2.05. The Bertz CT molecular complexity index is 789. The van der Waals surface area contributed by atoms with Crippen molar-refractivity contribution in [2.45, 2.75) is 13.5 Å². The van der Waals surface area contributed by atoms with Crippen LogP contribution in [0.2, 0.25) is 0 Å². The van der Waals surface area contributed by atoms with Crippen LogP contribution < -0.4 is 9.47 Å². The minimum Gasteiger partial charge on any atom is -0.680 e. The number of H-pyrrole nitrogens is 1. The molecule has 0 aliphatic heterocycles. The first-order valence-electron chi connectivity index (χ1n) is 7.62. The van der Waals surface area contributed by atoms with E-state index in [4.69, 9.17) is 9.47 Å². The summed E-state index contributed by atoms with van der Waals surface area (Å²) in [6.07, 6.45) is 0. The van der Waals surface area contributed by atoms with Gasteiger partial charge in [0.05, 0.1) is 13.7 Å². The highest BCUT2D eigenvalue weighted by molar-refractivity contribution is 5.75. The van der Waals surface area contributed by atoms with Gasteiger partial charge in [-0.1, -0.05) is 35.9 Å². The zero-order valence-corrected chi connectivity index (χ0v) is 13.6. The molecule has 7 nitrogen and oxygen atoms in total. The fourth-order valence-electron chi connectivity index (χ4n) is 2.34. The lowest BCUT2D eigenvalue weighted by atomic mass is 10.1. The van der Waals surface area contributed by atoms with Crippen molar-refractivity contribution in [3.8, 4) is 22.9 Å². The van der Waals surface area contributed by atoms with Crippen molar-refractivity contribution in [3.05, 3.63) is 53.3 Å². The Morgan fingerprint density at radius 3 is 2.75 bits per heavy atom. The minimum atomic E-state index is 0.513. The normalized spacial score (nSPS) is 10.4. The molecule has 1 aromatic heterocycles. The van der Waals surface area contributed by atoms with E-state index in [1.807, 2.05) is 49.4 Å². The van der Waals surface area contributed by atoms with Crippen molar-refractivity contribution in [3.63, 3.8) is 0 Å². The van der Waals surface area contributed by atoms with Crippen LogP contribution in [-0.2, 0) is 6.54 Å². The van der Waals surface area contributed by atoms with Crippen molar-refractivity contribution in [2.24, 2.45) is 0 Å². The van der Waals surface area contributed by atoms with Crippen LogP contribution in [0.3, 0.4) is 0 Å². The number of hydrogen-bond acceptors (Lipinski definition) is 5. The molecule has 0 aliphatic carbocycles. The van der Waals surface area contributed by atoms with Gasteiger partial charge in [-0.2, -0.15) is 5.21 Å². The second kappa shape index (κ2) is 7.45. The zero-order valence-electron chi connectivity index (χ0n) is 13.6. The van der Waals surface area contributed by atoms with Gasteiger partial charge in [0.1, 0.15) is 0 Å². The number of tetrazole rings is 1. The largest absolute Gasteiger partial charge is 0.680 e. The van der Waals surface area contributed by atoms with Crippen LogP contribution in [0.5, 0.6) is 11.5 Å². The number of ether oxygens (including phenoxy) is 2. The number of benzene rings is 2. The third kappa shape index (κ3) is 3.45. The van der Waals surface area contributed by atoms with E-state index in [2.05, 4.69) is 25.9 Å². The van der Waals surface area contributed by atoms with Crippen molar-refractivity contribution >= 4 is 5.69 Å². The van der Waals surface area contributed by atoms with Crippen LogP contribution in [-0.4, -0.2) is 34.3 Å². The molecule has 3 rings (SSSR count). The molecule has 0 unspecified atom stereocenters. The highest BCUT2D eigenvalue weighted by Crippen LogP contribution is 2.33. The predicted octanol–water partition coefficient (Wildman–Crippen LogP) is 3.48. The van der Waals surface area contributed by atoms with Gasteiger partial charge in [-0.25, -0.2) is 0 Å². The van der Waals surface area contributed by atoms with E-state index < -0.39 is 0 Å². The van der Waals surface area contributed by atoms with Crippen LogP contribution >= 0.6 is 0 Å². The van der Waals surface area contributed by atoms with E-state index in [1.165, 1.54) is 0 Å². The van der Waals surface area contributed by atoms with Crippen LogP contribution in [0.4, 0.5) is 5.69 Å². The van der Waals surface area contributed by atoms with Gasteiger partial charge in [-0.05, 0) is 24.3 Å². The Morgan fingerprint density at radius 2 is 2.00 bits per heavy atom. The van der Waals surface area contributed by atoms with Crippen molar-refractivity contribution < 1.29 is 9.47 Å². The lowest BCUT2D eigenvalue weighted by molar-refractivity contribution is 0.310. The summed E-state index contributed by atoms with van der Waals surface area (Å²) in [5.41, 5.74) is 2.68. The fraction of sp³-hybridized carbons (Fsp3) is 0.235. The smallest absolute Gasteiger partial charge is 0.203 e. The summed E-state index contributed by atoms with van der Waals surface area (Å²) < 4.78 is 10.9. The molecule has 3 aromatic rings. The molecule has 0 atom stereocenters. The first-order valence-corrected chi connectivity index (χ1v) is 7.62. The Hall–Kier alpha value is -3.09. The number of rotatable bonds is 7. The van der Waals surface area contributed by atoms with E-state index in [1.54, 1.807) is 7.11 Å². The molecule has 0 spiro atoms. The Kier molecular flexibility index (Phi) is 4.90. The van der Waals surface area contributed by atoms with E-state index in [0.29, 0.717) is 24.7 Å². The molecule has 1 heterocycles. The van der Waals surface area contributed by atoms with E-state index >= 15 is 0 Å². The predicted molar refractivity (Wildman–Crippen MR) is 90.5 cm³/mol. The number of nitrogens with one attached hydrogen (secondary N) is 1. The third-order valence-corrected chi connectivity index (χ3v) is 3.45.